The minimum Gasteiger partial charge on any atom is -0.429 e. The third kappa shape index (κ3) is 4.49. The molecule has 0 aliphatic carbocycles. The SMILES string of the molecule is CC(OC(=O)OC(C)(C)C)c1ccc([N+](=O)[O-])c(F)c1. The molecule has 0 radical (unpaired) electrons. The Morgan fingerprint density at radius 1 is 1.40 bits per heavy atom. The van der Waals surface area contributed by atoms with Crippen molar-refractivity contribution in [2.45, 2.75) is 39.4 Å². The van der Waals surface area contributed by atoms with Gasteiger partial charge in [0.1, 0.15) is 11.7 Å². The fourth-order valence-electron chi connectivity index (χ4n) is 1.41. The largest absolute Gasteiger partial charge is 0.509 e. The lowest BCUT2D eigenvalue weighted by Crippen LogP contribution is -2.25. The summed E-state index contributed by atoms with van der Waals surface area (Å²) >= 11 is 0. The zero-order valence-electron chi connectivity index (χ0n) is 11.7. The van der Waals surface area contributed by atoms with E-state index >= 15 is 0 Å². The summed E-state index contributed by atoms with van der Waals surface area (Å²) in [6.07, 6.45) is -1.66. The molecular weight excluding hydrogens is 269 g/mol. The molecule has 0 aromatic heterocycles. The number of carbonyl (C=O) groups excluding carboxylic acids is 1. The molecule has 20 heavy (non-hydrogen) atoms. The Labute approximate surface area is 115 Å². The van der Waals surface area contributed by atoms with E-state index in [-0.39, 0.29) is 0 Å². The summed E-state index contributed by atoms with van der Waals surface area (Å²) in [5.74, 6) is -0.980. The molecule has 110 valence electrons. The quantitative estimate of drug-likeness (QED) is 0.480. The molecule has 0 heterocycles. The first-order chi connectivity index (χ1) is 9.10. The number of nitro groups is 1. The maximum Gasteiger partial charge on any atom is 0.509 e. The van der Waals surface area contributed by atoms with Crippen molar-refractivity contribution in [1.82, 2.24) is 0 Å². The Morgan fingerprint density at radius 3 is 2.45 bits per heavy atom. The van der Waals surface area contributed by atoms with Crippen LogP contribution >= 0.6 is 0 Å². The minimum absolute atomic E-state index is 0.305. The van der Waals surface area contributed by atoms with Gasteiger partial charge in [-0.25, -0.2) is 4.79 Å². The fourth-order valence-corrected chi connectivity index (χ4v) is 1.41. The molecule has 6 nitrogen and oxygen atoms in total. The van der Waals surface area contributed by atoms with Gasteiger partial charge in [-0.3, -0.25) is 10.1 Å². The second kappa shape index (κ2) is 5.85. The van der Waals surface area contributed by atoms with Crippen LogP contribution in [0.5, 0.6) is 0 Å². The number of ether oxygens (including phenoxy) is 2. The monoisotopic (exact) mass is 285 g/mol. The second-order valence-corrected chi connectivity index (χ2v) is 5.19. The number of halogens is 1. The summed E-state index contributed by atoms with van der Waals surface area (Å²) < 4.78 is 23.4. The van der Waals surface area contributed by atoms with Crippen LogP contribution in [0.2, 0.25) is 0 Å². The molecular formula is C13H16FNO5. The Balaban J connectivity index is 2.78. The summed E-state index contributed by atoms with van der Waals surface area (Å²) in [4.78, 5) is 21.1. The van der Waals surface area contributed by atoms with E-state index in [9.17, 15) is 19.3 Å². The van der Waals surface area contributed by atoms with Gasteiger partial charge in [-0.2, -0.15) is 4.39 Å². The van der Waals surface area contributed by atoms with Crippen molar-refractivity contribution in [3.63, 3.8) is 0 Å². The fraction of sp³-hybridized carbons (Fsp3) is 0.462. The van der Waals surface area contributed by atoms with E-state index in [0.29, 0.717) is 5.56 Å². The maximum absolute atomic E-state index is 13.5. The number of nitrogens with zero attached hydrogens (tertiary/aromatic N) is 1. The van der Waals surface area contributed by atoms with Crippen molar-refractivity contribution in [1.29, 1.82) is 0 Å². The van der Waals surface area contributed by atoms with Gasteiger partial charge in [-0.15, -0.1) is 0 Å². The van der Waals surface area contributed by atoms with Gasteiger partial charge in [0.25, 0.3) is 0 Å². The number of hydrogen-bond donors (Lipinski definition) is 0. The second-order valence-electron chi connectivity index (χ2n) is 5.19. The first-order valence-electron chi connectivity index (χ1n) is 5.93. The number of carbonyl (C=O) groups is 1. The van der Waals surface area contributed by atoms with Gasteiger partial charge in [0.2, 0.25) is 5.82 Å². The average molecular weight is 285 g/mol. The highest BCUT2D eigenvalue weighted by Gasteiger charge is 2.22. The van der Waals surface area contributed by atoms with E-state index < -0.39 is 34.3 Å². The summed E-state index contributed by atoms with van der Waals surface area (Å²) in [5.41, 5.74) is -1.02. The molecule has 1 aromatic rings. The zero-order chi connectivity index (χ0) is 15.5. The zero-order valence-corrected chi connectivity index (χ0v) is 11.7. The lowest BCUT2D eigenvalue weighted by atomic mass is 10.1. The van der Waals surface area contributed by atoms with Crippen molar-refractivity contribution < 1.29 is 23.6 Å². The molecule has 1 unspecified atom stereocenters. The predicted molar refractivity (Wildman–Crippen MR) is 68.8 cm³/mol. The van der Waals surface area contributed by atoms with Crippen LogP contribution in [-0.2, 0) is 9.47 Å². The molecule has 0 saturated carbocycles. The van der Waals surface area contributed by atoms with Crippen molar-refractivity contribution >= 4 is 11.8 Å². The van der Waals surface area contributed by atoms with E-state index in [1.54, 1.807) is 20.8 Å². The normalized spacial score (nSPS) is 12.7. The molecule has 0 fully saturated rings. The molecule has 0 aliphatic heterocycles. The van der Waals surface area contributed by atoms with Crippen molar-refractivity contribution in [2.75, 3.05) is 0 Å². The average Bonchev–Trinajstić information content (AvgIpc) is 2.25. The first-order valence-corrected chi connectivity index (χ1v) is 5.93. The number of nitro benzene ring substituents is 1. The summed E-state index contributed by atoms with van der Waals surface area (Å²) in [6, 6.07) is 3.32. The van der Waals surface area contributed by atoms with Crippen LogP contribution in [-0.4, -0.2) is 16.7 Å². The molecule has 7 heteroatoms. The Morgan fingerprint density at radius 2 is 2.00 bits per heavy atom. The summed E-state index contributed by atoms with van der Waals surface area (Å²) in [5, 5.41) is 10.5. The van der Waals surface area contributed by atoms with Gasteiger partial charge in [-0.05, 0) is 45.4 Å². The van der Waals surface area contributed by atoms with Gasteiger partial charge < -0.3 is 9.47 Å². The number of rotatable bonds is 3. The third-order valence-electron chi connectivity index (χ3n) is 2.30. The van der Waals surface area contributed by atoms with Gasteiger partial charge in [0.05, 0.1) is 4.92 Å². The van der Waals surface area contributed by atoms with Crippen LogP contribution in [0.3, 0.4) is 0 Å². The predicted octanol–water partition coefficient (Wildman–Crippen LogP) is 3.75. The van der Waals surface area contributed by atoms with Gasteiger partial charge in [-0.1, -0.05) is 0 Å². The van der Waals surface area contributed by atoms with Crippen LogP contribution in [0.1, 0.15) is 39.4 Å². The van der Waals surface area contributed by atoms with E-state index in [2.05, 4.69) is 0 Å². The maximum atomic E-state index is 13.5. The van der Waals surface area contributed by atoms with Crippen molar-refractivity contribution in [3.05, 3.63) is 39.7 Å². The highest BCUT2D eigenvalue weighted by molar-refractivity contribution is 5.61. The standard InChI is InChI=1S/C13H16FNO5/c1-8(19-12(16)20-13(2,3)4)9-5-6-11(15(17)18)10(14)7-9/h5-8H,1-4H3. The van der Waals surface area contributed by atoms with Crippen LogP contribution < -0.4 is 0 Å². The topological polar surface area (TPSA) is 78.7 Å². The third-order valence-corrected chi connectivity index (χ3v) is 2.30. The minimum atomic E-state index is -0.980. The first kappa shape index (κ1) is 15.9. The molecule has 0 amide bonds. The van der Waals surface area contributed by atoms with E-state index in [0.717, 1.165) is 12.1 Å². The molecule has 1 aromatic carbocycles. The van der Waals surface area contributed by atoms with E-state index in [4.69, 9.17) is 9.47 Å². The van der Waals surface area contributed by atoms with Crippen LogP contribution in [0, 0.1) is 15.9 Å². The molecule has 0 N–H and O–H groups in total. The van der Waals surface area contributed by atoms with Crippen molar-refractivity contribution in [3.8, 4) is 0 Å². The highest BCUT2D eigenvalue weighted by atomic mass is 19.1. The van der Waals surface area contributed by atoms with Crippen LogP contribution in [0.15, 0.2) is 18.2 Å². The smallest absolute Gasteiger partial charge is 0.429 e. The Kier molecular flexibility index (Phi) is 4.65. The highest BCUT2D eigenvalue weighted by Crippen LogP contribution is 2.24. The lowest BCUT2D eigenvalue weighted by Gasteiger charge is -2.21. The molecule has 1 rings (SSSR count). The van der Waals surface area contributed by atoms with Gasteiger partial charge in [0, 0.05) is 6.07 Å². The Bertz CT molecular complexity index is 524. The molecule has 1 atom stereocenters. The molecule has 0 bridgehead atoms. The molecule has 0 saturated heterocycles. The summed E-state index contributed by atoms with van der Waals surface area (Å²) in [7, 11) is 0. The number of benzene rings is 1. The van der Waals surface area contributed by atoms with Crippen molar-refractivity contribution in [2.24, 2.45) is 0 Å². The van der Waals surface area contributed by atoms with Gasteiger partial charge in [0.15, 0.2) is 0 Å². The molecule has 0 spiro atoms. The lowest BCUT2D eigenvalue weighted by molar-refractivity contribution is -0.387. The van der Waals surface area contributed by atoms with E-state index in [1.807, 2.05) is 0 Å². The van der Waals surface area contributed by atoms with Gasteiger partial charge >= 0.3 is 11.8 Å². The van der Waals surface area contributed by atoms with Crippen LogP contribution in [0.4, 0.5) is 14.9 Å². The summed E-state index contributed by atoms with van der Waals surface area (Å²) in [6.45, 7) is 6.57. The number of hydrogen-bond acceptors (Lipinski definition) is 5. The van der Waals surface area contributed by atoms with E-state index in [1.165, 1.54) is 13.0 Å². The molecule has 0 aliphatic rings. The van der Waals surface area contributed by atoms with Crippen LogP contribution in [0.25, 0.3) is 0 Å². The Hall–Kier alpha value is -2.18.